The summed E-state index contributed by atoms with van der Waals surface area (Å²) in [5.41, 5.74) is 7.94. The molecule has 3 aromatic rings. The summed E-state index contributed by atoms with van der Waals surface area (Å²) in [6.07, 6.45) is 1.90. The zero-order chi connectivity index (χ0) is 11.8. The van der Waals surface area contributed by atoms with E-state index in [1.165, 1.54) is 0 Å². The van der Waals surface area contributed by atoms with Gasteiger partial charge >= 0.3 is 0 Å². The molecule has 0 aliphatic carbocycles. The van der Waals surface area contributed by atoms with Gasteiger partial charge < -0.3 is 5.73 Å². The molecule has 0 saturated carbocycles. The van der Waals surface area contributed by atoms with Crippen molar-refractivity contribution in [1.82, 2.24) is 9.38 Å². The van der Waals surface area contributed by atoms with Gasteiger partial charge in [0.15, 0.2) is 0 Å². The molecule has 0 aliphatic rings. The summed E-state index contributed by atoms with van der Waals surface area (Å²) in [6.45, 7) is 0. The van der Waals surface area contributed by atoms with Crippen molar-refractivity contribution in [3.05, 3.63) is 48.3 Å². The molecule has 4 nitrogen and oxygen atoms in total. The lowest BCUT2D eigenvalue weighted by Gasteiger charge is -2.04. The normalized spacial score (nSPS) is 11.1. The van der Waals surface area contributed by atoms with Crippen LogP contribution in [0.3, 0.4) is 0 Å². The van der Waals surface area contributed by atoms with Gasteiger partial charge in [-0.2, -0.15) is 0 Å². The maximum absolute atomic E-state index is 11.0. The average Bonchev–Trinajstić information content (AvgIpc) is 2.72. The maximum atomic E-state index is 11.0. The molecule has 0 fully saturated rings. The number of carbonyl (C=O) groups is 1. The van der Waals surface area contributed by atoms with E-state index in [2.05, 4.69) is 4.98 Å². The topological polar surface area (TPSA) is 60.4 Å². The molecule has 0 spiro atoms. The van der Waals surface area contributed by atoms with E-state index >= 15 is 0 Å². The fourth-order valence-electron chi connectivity index (χ4n) is 2.10. The molecule has 1 amide bonds. The van der Waals surface area contributed by atoms with Crippen LogP contribution in [0.15, 0.2) is 42.6 Å². The number of hydrogen-bond donors (Lipinski definition) is 1. The summed E-state index contributed by atoms with van der Waals surface area (Å²) in [7, 11) is 0. The van der Waals surface area contributed by atoms with E-state index in [1.807, 2.05) is 40.8 Å². The molecule has 0 aliphatic heterocycles. The van der Waals surface area contributed by atoms with Crippen LogP contribution in [0.25, 0.3) is 16.6 Å². The monoisotopic (exact) mass is 225 g/mol. The van der Waals surface area contributed by atoms with Gasteiger partial charge in [0.1, 0.15) is 5.65 Å². The van der Waals surface area contributed by atoms with Gasteiger partial charge in [-0.1, -0.05) is 18.2 Å². The smallest absolute Gasteiger partial charge is 0.223 e. The van der Waals surface area contributed by atoms with Crippen molar-refractivity contribution < 1.29 is 4.79 Å². The van der Waals surface area contributed by atoms with Crippen molar-refractivity contribution in [2.24, 2.45) is 5.73 Å². The number of benzene rings is 1. The molecular formula is C13H11N3O. The van der Waals surface area contributed by atoms with Crippen molar-refractivity contribution in [3.63, 3.8) is 0 Å². The third kappa shape index (κ3) is 1.54. The quantitative estimate of drug-likeness (QED) is 0.718. The highest BCUT2D eigenvalue weighted by Gasteiger charge is 2.08. The molecular weight excluding hydrogens is 214 g/mol. The fraction of sp³-hybridized carbons (Fsp3) is 0.0769. The number of fused-ring (bicyclic) bond motifs is 3. The maximum Gasteiger partial charge on any atom is 0.223 e. The number of amides is 1. The molecule has 2 N–H and O–H groups in total. The Morgan fingerprint density at radius 1 is 1.24 bits per heavy atom. The number of hydrogen-bond acceptors (Lipinski definition) is 2. The molecule has 0 bridgehead atoms. The second-order valence-corrected chi connectivity index (χ2v) is 3.98. The summed E-state index contributed by atoms with van der Waals surface area (Å²) < 4.78 is 1.97. The van der Waals surface area contributed by atoms with E-state index in [4.69, 9.17) is 5.73 Å². The van der Waals surface area contributed by atoms with Crippen LogP contribution in [-0.4, -0.2) is 15.3 Å². The number of nitrogens with two attached hydrogens (primary N) is 1. The van der Waals surface area contributed by atoms with E-state index in [9.17, 15) is 4.79 Å². The SMILES string of the molecule is NC(=O)Cc1cnc2ccc3ccccc3n12. The van der Waals surface area contributed by atoms with Crippen molar-refractivity contribution in [1.29, 1.82) is 0 Å². The van der Waals surface area contributed by atoms with E-state index in [-0.39, 0.29) is 12.3 Å². The second-order valence-electron chi connectivity index (χ2n) is 3.98. The Morgan fingerprint density at radius 3 is 2.88 bits per heavy atom. The molecule has 2 aromatic heterocycles. The van der Waals surface area contributed by atoms with Crippen LogP contribution >= 0.6 is 0 Å². The Morgan fingerprint density at radius 2 is 2.06 bits per heavy atom. The first kappa shape index (κ1) is 9.84. The highest BCUT2D eigenvalue weighted by molar-refractivity contribution is 5.83. The van der Waals surface area contributed by atoms with Gasteiger partial charge in [-0.15, -0.1) is 0 Å². The molecule has 0 atom stereocenters. The number of imidazole rings is 1. The third-order valence-electron chi connectivity index (χ3n) is 2.81. The van der Waals surface area contributed by atoms with Gasteiger partial charge in [0.05, 0.1) is 17.6 Å². The van der Waals surface area contributed by atoms with Crippen molar-refractivity contribution in [2.75, 3.05) is 0 Å². The lowest BCUT2D eigenvalue weighted by atomic mass is 10.2. The van der Waals surface area contributed by atoms with Gasteiger partial charge in [0, 0.05) is 6.20 Å². The van der Waals surface area contributed by atoms with Crippen LogP contribution in [0, 0.1) is 0 Å². The Labute approximate surface area is 97.7 Å². The number of para-hydroxylation sites is 1. The largest absolute Gasteiger partial charge is 0.369 e. The Bertz CT molecular complexity index is 715. The molecule has 2 heterocycles. The first-order valence-corrected chi connectivity index (χ1v) is 5.38. The molecule has 0 unspecified atom stereocenters. The van der Waals surface area contributed by atoms with Crippen molar-refractivity contribution in [3.8, 4) is 0 Å². The zero-order valence-corrected chi connectivity index (χ0v) is 9.13. The van der Waals surface area contributed by atoms with E-state index in [0.29, 0.717) is 0 Å². The number of aromatic nitrogens is 2. The molecule has 3 rings (SSSR count). The molecule has 0 saturated heterocycles. The van der Waals surface area contributed by atoms with Crippen LogP contribution in [-0.2, 0) is 11.2 Å². The first-order chi connectivity index (χ1) is 8.25. The van der Waals surface area contributed by atoms with Gasteiger partial charge in [0.2, 0.25) is 5.91 Å². The minimum atomic E-state index is -0.347. The van der Waals surface area contributed by atoms with E-state index < -0.39 is 0 Å². The summed E-state index contributed by atoms with van der Waals surface area (Å²) in [5.74, 6) is -0.347. The highest BCUT2D eigenvalue weighted by atomic mass is 16.1. The van der Waals surface area contributed by atoms with Crippen LogP contribution < -0.4 is 5.73 Å². The van der Waals surface area contributed by atoms with Gasteiger partial charge in [-0.05, 0) is 23.6 Å². The lowest BCUT2D eigenvalue weighted by molar-refractivity contribution is -0.117. The standard InChI is InChI=1S/C13H11N3O/c14-12(17)7-10-8-15-13-6-5-9-3-1-2-4-11(9)16(10)13/h1-6,8H,7H2,(H2,14,17). The molecule has 4 heteroatoms. The zero-order valence-electron chi connectivity index (χ0n) is 9.13. The predicted octanol–water partition coefficient (Wildman–Crippen LogP) is 1.52. The summed E-state index contributed by atoms with van der Waals surface area (Å²) in [4.78, 5) is 15.3. The number of rotatable bonds is 2. The van der Waals surface area contributed by atoms with Gasteiger partial charge in [-0.3, -0.25) is 9.20 Å². The Hall–Kier alpha value is -2.36. The van der Waals surface area contributed by atoms with E-state index in [0.717, 1.165) is 22.2 Å². The summed E-state index contributed by atoms with van der Waals surface area (Å²) in [5, 5.41) is 1.11. The van der Waals surface area contributed by atoms with Crippen molar-refractivity contribution in [2.45, 2.75) is 6.42 Å². The number of nitrogens with zero attached hydrogens (tertiary/aromatic N) is 2. The lowest BCUT2D eigenvalue weighted by Crippen LogP contribution is -2.14. The Balaban J connectivity index is 2.38. The molecule has 17 heavy (non-hydrogen) atoms. The summed E-state index contributed by atoms with van der Waals surface area (Å²) in [6, 6.07) is 11.9. The number of primary amides is 1. The minimum absolute atomic E-state index is 0.204. The first-order valence-electron chi connectivity index (χ1n) is 5.38. The summed E-state index contributed by atoms with van der Waals surface area (Å²) >= 11 is 0. The third-order valence-corrected chi connectivity index (χ3v) is 2.81. The number of carbonyl (C=O) groups excluding carboxylic acids is 1. The minimum Gasteiger partial charge on any atom is -0.369 e. The second kappa shape index (κ2) is 3.59. The predicted molar refractivity (Wildman–Crippen MR) is 65.6 cm³/mol. The highest BCUT2D eigenvalue weighted by Crippen LogP contribution is 2.18. The van der Waals surface area contributed by atoms with Crippen LogP contribution in [0.4, 0.5) is 0 Å². The molecule has 0 radical (unpaired) electrons. The van der Waals surface area contributed by atoms with Crippen LogP contribution in [0.2, 0.25) is 0 Å². The van der Waals surface area contributed by atoms with Crippen LogP contribution in [0.1, 0.15) is 5.69 Å². The molecule has 84 valence electrons. The van der Waals surface area contributed by atoms with E-state index in [1.54, 1.807) is 6.20 Å². The van der Waals surface area contributed by atoms with Gasteiger partial charge in [0.25, 0.3) is 0 Å². The molecule has 1 aromatic carbocycles. The number of pyridine rings is 1. The fourth-order valence-corrected chi connectivity index (χ4v) is 2.10. The Kier molecular flexibility index (Phi) is 2.08. The van der Waals surface area contributed by atoms with Crippen molar-refractivity contribution >= 4 is 22.5 Å². The van der Waals surface area contributed by atoms with Crippen LogP contribution in [0.5, 0.6) is 0 Å². The van der Waals surface area contributed by atoms with Gasteiger partial charge in [-0.25, -0.2) is 4.98 Å². The average molecular weight is 225 g/mol.